The Morgan fingerprint density at radius 3 is 2.21 bits per heavy atom. The molecule has 2 aliphatic rings. The van der Waals surface area contributed by atoms with Crippen molar-refractivity contribution in [1.82, 2.24) is 10.2 Å². The van der Waals surface area contributed by atoms with Gasteiger partial charge in [0.2, 0.25) is 0 Å². The number of hydrogen-bond acceptors (Lipinski definition) is 4. The zero-order chi connectivity index (χ0) is 10.0. The monoisotopic (exact) mass is 218 g/mol. The molecule has 2 fully saturated rings. The van der Waals surface area contributed by atoms with Crippen LogP contribution in [0.3, 0.4) is 0 Å². The second-order valence-corrected chi connectivity index (χ2v) is 6.47. The second-order valence-electron chi connectivity index (χ2n) is 4.17. The molecule has 5 heteroatoms. The molecule has 2 saturated heterocycles. The summed E-state index contributed by atoms with van der Waals surface area (Å²) < 4.78 is 22.5. The molecule has 0 aromatic rings. The summed E-state index contributed by atoms with van der Waals surface area (Å²) >= 11 is 0. The van der Waals surface area contributed by atoms with Gasteiger partial charge in [-0.05, 0) is 25.9 Å². The Hall–Kier alpha value is -0.130. The van der Waals surface area contributed by atoms with Crippen molar-refractivity contribution in [3.05, 3.63) is 0 Å². The van der Waals surface area contributed by atoms with E-state index < -0.39 is 9.84 Å². The molecule has 2 rings (SSSR count). The molecule has 82 valence electrons. The third-order valence-corrected chi connectivity index (χ3v) is 4.81. The van der Waals surface area contributed by atoms with Crippen LogP contribution in [0.1, 0.15) is 12.8 Å². The van der Waals surface area contributed by atoms with E-state index in [0.29, 0.717) is 17.5 Å². The molecular weight excluding hydrogens is 200 g/mol. The molecule has 0 aromatic carbocycles. The summed E-state index contributed by atoms with van der Waals surface area (Å²) in [5.41, 5.74) is 0. The van der Waals surface area contributed by atoms with Crippen LogP contribution in [0.2, 0.25) is 0 Å². The highest BCUT2D eigenvalue weighted by Gasteiger charge is 2.27. The SMILES string of the molecule is O=S1(=O)CCN(C2CCNCC2)CC1. The van der Waals surface area contributed by atoms with Crippen LogP contribution < -0.4 is 5.32 Å². The zero-order valence-electron chi connectivity index (χ0n) is 8.41. The van der Waals surface area contributed by atoms with Gasteiger partial charge in [-0.3, -0.25) is 4.90 Å². The van der Waals surface area contributed by atoms with Crippen LogP contribution in [0.25, 0.3) is 0 Å². The lowest BCUT2D eigenvalue weighted by molar-refractivity contribution is 0.175. The first-order valence-electron chi connectivity index (χ1n) is 5.32. The van der Waals surface area contributed by atoms with Crippen LogP contribution in [0.5, 0.6) is 0 Å². The van der Waals surface area contributed by atoms with Crippen LogP contribution >= 0.6 is 0 Å². The van der Waals surface area contributed by atoms with Gasteiger partial charge in [0.05, 0.1) is 11.5 Å². The minimum atomic E-state index is -2.71. The van der Waals surface area contributed by atoms with Crippen molar-refractivity contribution in [1.29, 1.82) is 0 Å². The highest BCUT2D eigenvalue weighted by atomic mass is 32.2. The first-order chi connectivity index (χ1) is 6.67. The zero-order valence-corrected chi connectivity index (χ0v) is 9.22. The van der Waals surface area contributed by atoms with Gasteiger partial charge in [-0.15, -0.1) is 0 Å². The molecule has 1 N–H and O–H groups in total. The predicted octanol–water partition coefficient (Wildman–Crippen LogP) is -0.531. The molecule has 14 heavy (non-hydrogen) atoms. The fourth-order valence-electron chi connectivity index (χ4n) is 2.26. The third kappa shape index (κ3) is 2.46. The van der Waals surface area contributed by atoms with Crippen LogP contribution in [-0.4, -0.2) is 57.0 Å². The summed E-state index contributed by atoms with van der Waals surface area (Å²) in [6, 6.07) is 0.617. The number of rotatable bonds is 1. The summed E-state index contributed by atoms with van der Waals surface area (Å²) in [5.74, 6) is 0.716. The first-order valence-corrected chi connectivity index (χ1v) is 7.15. The molecule has 0 amide bonds. The van der Waals surface area contributed by atoms with E-state index in [1.165, 1.54) is 12.8 Å². The van der Waals surface area contributed by atoms with E-state index >= 15 is 0 Å². The van der Waals surface area contributed by atoms with Crippen LogP contribution in [0.4, 0.5) is 0 Å². The lowest BCUT2D eigenvalue weighted by Gasteiger charge is -2.36. The third-order valence-electron chi connectivity index (χ3n) is 3.20. The number of nitrogens with one attached hydrogen (secondary N) is 1. The molecular formula is C9H18N2O2S. The molecule has 0 atom stereocenters. The van der Waals surface area contributed by atoms with Gasteiger partial charge in [0.1, 0.15) is 0 Å². The molecule has 2 heterocycles. The maximum Gasteiger partial charge on any atom is 0.152 e. The maximum absolute atomic E-state index is 11.2. The summed E-state index contributed by atoms with van der Waals surface area (Å²) in [5, 5.41) is 3.33. The normalized spacial score (nSPS) is 30.3. The van der Waals surface area contributed by atoms with Crippen molar-refractivity contribution in [2.45, 2.75) is 18.9 Å². The van der Waals surface area contributed by atoms with Crippen molar-refractivity contribution in [2.75, 3.05) is 37.7 Å². The van der Waals surface area contributed by atoms with E-state index in [0.717, 1.165) is 26.2 Å². The number of hydrogen-bond donors (Lipinski definition) is 1. The molecule has 0 unspecified atom stereocenters. The summed E-state index contributed by atoms with van der Waals surface area (Å²) in [6.45, 7) is 3.64. The fraction of sp³-hybridized carbons (Fsp3) is 1.00. The van der Waals surface area contributed by atoms with Crippen molar-refractivity contribution < 1.29 is 8.42 Å². The Balaban J connectivity index is 1.88. The highest BCUT2D eigenvalue weighted by Crippen LogP contribution is 2.14. The quantitative estimate of drug-likeness (QED) is 0.643. The topological polar surface area (TPSA) is 49.4 Å². The Morgan fingerprint density at radius 2 is 1.64 bits per heavy atom. The number of piperidine rings is 1. The average molecular weight is 218 g/mol. The predicted molar refractivity (Wildman–Crippen MR) is 56.1 cm³/mol. The van der Waals surface area contributed by atoms with Crippen LogP contribution in [-0.2, 0) is 9.84 Å². The van der Waals surface area contributed by atoms with Crippen molar-refractivity contribution in [3.8, 4) is 0 Å². The summed E-state index contributed by atoms with van der Waals surface area (Å²) in [7, 11) is -2.71. The van der Waals surface area contributed by atoms with E-state index in [9.17, 15) is 8.42 Å². The van der Waals surface area contributed by atoms with Crippen molar-refractivity contribution in [2.24, 2.45) is 0 Å². The maximum atomic E-state index is 11.2. The summed E-state index contributed by atoms with van der Waals surface area (Å²) in [4.78, 5) is 2.35. The van der Waals surface area contributed by atoms with Crippen LogP contribution in [0.15, 0.2) is 0 Å². The van der Waals surface area contributed by atoms with Gasteiger partial charge < -0.3 is 5.32 Å². The lowest BCUT2D eigenvalue weighted by atomic mass is 10.1. The molecule has 0 spiro atoms. The van der Waals surface area contributed by atoms with Crippen LogP contribution in [0, 0.1) is 0 Å². The lowest BCUT2D eigenvalue weighted by Crippen LogP contribution is -2.49. The van der Waals surface area contributed by atoms with Gasteiger partial charge in [-0.2, -0.15) is 0 Å². The highest BCUT2D eigenvalue weighted by molar-refractivity contribution is 7.91. The fourth-order valence-corrected chi connectivity index (χ4v) is 3.49. The molecule has 0 aliphatic carbocycles. The molecule has 2 aliphatic heterocycles. The van der Waals surface area contributed by atoms with Gasteiger partial charge in [0.25, 0.3) is 0 Å². The van der Waals surface area contributed by atoms with E-state index in [2.05, 4.69) is 10.2 Å². The smallest absolute Gasteiger partial charge is 0.152 e. The van der Waals surface area contributed by atoms with Crippen molar-refractivity contribution >= 4 is 9.84 Å². The molecule has 0 radical (unpaired) electrons. The second kappa shape index (κ2) is 4.16. The Kier molecular flexibility index (Phi) is 3.09. The summed E-state index contributed by atoms with van der Waals surface area (Å²) in [6.07, 6.45) is 2.33. The van der Waals surface area contributed by atoms with E-state index in [1.807, 2.05) is 0 Å². The largest absolute Gasteiger partial charge is 0.317 e. The average Bonchev–Trinajstić information content (AvgIpc) is 2.19. The van der Waals surface area contributed by atoms with Gasteiger partial charge in [-0.25, -0.2) is 8.42 Å². The number of nitrogens with zero attached hydrogens (tertiary/aromatic N) is 1. The van der Waals surface area contributed by atoms with Gasteiger partial charge in [0.15, 0.2) is 9.84 Å². The Labute approximate surface area is 85.6 Å². The van der Waals surface area contributed by atoms with Crippen molar-refractivity contribution in [3.63, 3.8) is 0 Å². The van der Waals surface area contributed by atoms with Gasteiger partial charge in [-0.1, -0.05) is 0 Å². The molecule has 0 saturated carbocycles. The molecule has 0 aromatic heterocycles. The minimum absolute atomic E-state index is 0.358. The van der Waals surface area contributed by atoms with E-state index in [4.69, 9.17) is 0 Å². The Morgan fingerprint density at radius 1 is 1.07 bits per heavy atom. The molecule has 0 bridgehead atoms. The molecule has 4 nitrogen and oxygen atoms in total. The minimum Gasteiger partial charge on any atom is -0.317 e. The number of sulfone groups is 1. The van der Waals surface area contributed by atoms with Gasteiger partial charge >= 0.3 is 0 Å². The van der Waals surface area contributed by atoms with E-state index in [1.54, 1.807) is 0 Å². The first kappa shape index (κ1) is 10.4. The Bertz CT molecular complexity index is 269. The van der Waals surface area contributed by atoms with E-state index in [-0.39, 0.29) is 0 Å². The van der Waals surface area contributed by atoms with Gasteiger partial charge in [0, 0.05) is 19.1 Å². The standard InChI is InChI=1S/C9H18N2O2S/c12-14(13)7-5-11(6-8-14)9-1-3-10-4-2-9/h9-10H,1-8H2.